The number of fused-ring (bicyclic) bond motifs is 1. The first-order valence-corrected chi connectivity index (χ1v) is 8.20. The van der Waals surface area contributed by atoms with E-state index in [1.807, 2.05) is 30.3 Å². The van der Waals surface area contributed by atoms with Crippen LogP contribution in [0.15, 0.2) is 65.5 Å². The molecule has 0 bridgehead atoms. The summed E-state index contributed by atoms with van der Waals surface area (Å²) in [7, 11) is 0. The molecule has 1 amide bonds. The molecule has 3 rings (SSSR count). The number of pyridine rings is 1. The minimum absolute atomic E-state index is 0.0281. The molecule has 0 aliphatic heterocycles. The third-order valence-electron chi connectivity index (χ3n) is 4.10. The van der Waals surface area contributed by atoms with Crippen molar-refractivity contribution in [1.82, 2.24) is 10.3 Å². The van der Waals surface area contributed by atoms with E-state index in [1.165, 1.54) is 6.07 Å². The first-order chi connectivity index (χ1) is 12.5. The minimum Gasteiger partial charge on any atom is -0.480 e. The first kappa shape index (κ1) is 17.4. The zero-order valence-corrected chi connectivity index (χ0v) is 13.9. The third-order valence-corrected chi connectivity index (χ3v) is 4.10. The second-order valence-electron chi connectivity index (χ2n) is 6.03. The summed E-state index contributed by atoms with van der Waals surface area (Å²) >= 11 is 0. The van der Waals surface area contributed by atoms with Crippen LogP contribution < -0.4 is 10.9 Å². The molecule has 1 aromatic heterocycles. The summed E-state index contributed by atoms with van der Waals surface area (Å²) in [6, 6.07) is 16.5. The molecule has 1 unspecified atom stereocenters. The number of nitrogens with one attached hydrogen (secondary N) is 2. The third kappa shape index (κ3) is 4.16. The van der Waals surface area contributed by atoms with Gasteiger partial charge in [-0.1, -0.05) is 48.5 Å². The van der Waals surface area contributed by atoms with Crippen LogP contribution in [0.1, 0.15) is 11.1 Å². The van der Waals surface area contributed by atoms with Gasteiger partial charge in [0, 0.05) is 23.4 Å². The number of H-pyrrole nitrogens is 1. The number of amides is 1. The second-order valence-corrected chi connectivity index (χ2v) is 6.03. The zero-order chi connectivity index (χ0) is 18.5. The molecular formula is C20H18N2O4. The number of aromatic amines is 1. The van der Waals surface area contributed by atoms with Crippen LogP contribution in [-0.2, 0) is 22.4 Å². The lowest BCUT2D eigenvalue weighted by Gasteiger charge is -2.16. The fourth-order valence-electron chi connectivity index (χ4n) is 2.89. The first-order valence-electron chi connectivity index (χ1n) is 8.20. The van der Waals surface area contributed by atoms with Crippen LogP contribution in [0.3, 0.4) is 0 Å². The number of para-hydroxylation sites is 1. The van der Waals surface area contributed by atoms with E-state index in [0.29, 0.717) is 11.1 Å². The molecule has 6 heteroatoms. The molecular weight excluding hydrogens is 332 g/mol. The number of rotatable bonds is 6. The molecule has 0 aliphatic carbocycles. The number of aliphatic carboxylic acids is 1. The molecule has 1 heterocycles. The van der Waals surface area contributed by atoms with E-state index in [1.54, 1.807) is 24.3 Å². The summed E-state index contributed by atoms with van der Waals surface area (Å²) in [5.74, 6) is -1.52. The van der Waals surface area contributed by atoms with Gasteiger partial charge in [-0.25, -0.2) is 4.79 Å². The number of carbonyl (C=O) groups excluding carboxylic acids is 1. The Labute approximate surface area is 149 Å². The summed E-state index contributed by atoms with van der Waals surface area (Å²) in [5.41, 5.74) is 1.71. The Bertz CT molecular complexity index is 995. The number of carboxylic acid groups (broad SMARTS) is 1. The van der Waals surface area contributed by atoms with Gasteiger partial charge in [-0.2, -0.15) is 0 Å². The Morgan fingerprint density at radius 3 is 2.46 bits per heavy atom. The van der Waals surface area contributed by atoms with Crippen molar-refractivity contribution >= 4 is 22.8 Å². The summed E-state index contributed by atoms with van der Waals surface area (Å²) in [4.78, 5) is 38.4. The maximum Gasteiger partial charge on any atom is 0.326 e. The number of hydrogen-bond donors (Lipinski definition) is 3. The van der Waals surface area contributed by atoms with E-state index in [-0.39, 0.29) is 24.3 Å². The lowest BCUT2D eigenvalue weighted by molar-refractivity contribution is -0.141. The van der Waals surface area contributed by atoms with E-state index in [2.05, 4.69) is 10.3 Å². The Hall–Kier alpha value is -3.41. The molecule has 0 radical (unpaired) electrons. The second kappa shape index (κ2) is 7.65. The lowest BCUT2D eigenvalue weighted by atomic mass is 10.0. The molecule has 132 valence electrons. The Balaban J connectivity index is 1.80. The number of carbonyl (C=O) groups is 2. The van der Waals surface area contributed by atoms with Crippen molar-refractivity contribution in [3.63, 3.8) is 0 Å². The standard InChI is InChI=1S/C20H18N2O4/c23-18(10-13-6-2-1-3-7-13)22-17(20(25)26)11-14-12-19(24)21-16-9-5-4-8-15(14)16/h1-9,12,17H,10-11H2,(H,21,24)(H,22,23)(H,25,26). The van der Waals surface area contributed by atoms with E-state index in [4.69, 9.17) is 0 Å². The molecule has 0 saturated carbocycles. The van der Waals surface area contributed by atoms with Crippen LogP contribution >= 0.6 is 0 Å². The summed E-state index contributed by atoms with van der Waals surface area (Å²) in [6.07, 6.45) is 0.126. The summed E-state index contributed by atoms with van der Waals surface area (Å²) < 4.78 is 0. The van der Waals surface area contributed by atoms with Crippen molar-refractivity contribution in [3.8, 4) is 0 Å². The van der Waals surface area contributed by atoms with Gasteiger partial charge in [0.05, 0.1) is 6.42 Å². The van der Waals surface area contributed by atoms with Gasteiger partial charge in [0.1, 0.15) is 6.04 Å². The molecule has 3 N–H and O–H groups in total. The fraction of sp³-hybridized carbons (Fsp3) is 0.150. The van der Waals surface area contributed by atoms with E-state index in [9.17, 15) is 19.5 Å². The Kier molecular flexibility index (Phi) is 5.12. The highest BCUT2D eigenvalue weighted by Crippen LogP contribution is 2.16. The van der Waals surface area contributed by atoms with E-state index < -0.39 is 12.0 Å². The number of carboxylic acids is 1. The van der Waals surface area contributed by atoms with Gasteiger partial charge in [-0.3, -0.25) is 9.59 Å². The zero-order valence-electron chi connectivity index (χ0n) is 13.9. The molecule has 26 heavy (non-hydrogen) atoms. The van der Waals surface area contributed by atoms with Crippen molar-refractivity contribution in [3.05, 3.63) is 82.1 Å². The normalized spacial score (nSPS) is 11.8. The van der Waals surface area contributed by atoms with Gasteiger partial charge in [0.2, 0.25) is 11.5 Å². The van der Waals surface area contributed by atoms with Gasteiger partial charge in [0.15, 0.2) is 0 Å². The van der Waals surface area contributed by atoms with Crippen LogP contribution in [0, 0.1) is 0 Å². The predicted molar refractivity (Wildman–Crippen MR) is 98.0 cm³/mol. The lowest BCUT2D eigenvalue weighted by Crippen LogP contribution is -2.43. The molecule has 0 fully saturated rings. The van der Waals surface area contributed by atoms with Crippen LogP contribution in [0.5, 0.6) is 0 Å². The molecule has 0 saturated heterocycles. The highest BCUT2D eigenvalue weighted by atomic mass is 16.4. The molecule has 1 atom stereocenters. The van der Waals surface area contributed by atoms with E-state index >= 15 is 0 Å². The monoisotopic (exact) mass is 350 g/mol. The maximum atomic E-state index is 12.2. The Morgan fingerprint density at radius 2 is 1.73 bits per heavy atom. The number of benzene rings is 2. The van der Waals surface area contributed by atoms with Gasteiger partial charge < -0.3 is 15.4 Å². The van der Waals surface area contributed by atoms with Crippen LogP contribution in [-0.4, -0.2) is 28.0 Å². The van der Waals surface area contributed by atoms with Crippen molar-refractivity contribution < 1.29 is 14.7 Å². The van der Waals surface area contributed by atoms with Crippen LogP contribution in [0.2, 0.25) is 0 Å². The SMILES string of the molecule is O=C(Cc1ccccc1)NC(Cc1cc(=O)[nH]c2ccccc12)C(=O)O. The van der Waals surface area contributed by atoms with Gasteiger partial charge in [-0.15, -0.1) is 0 Å². The van der Waals surface area contributed by atoms with Crippen molar-refractivity contribution in [2.45, 2.75) is 18.9 Å². The number of hydrogen-bond acceptors (Lipinski definition) is 3. The van der Waals surface area contributed by atoms with Gasteiger partial charge in [0.25, 0.3) is 0 Å². The van der Waals surface area contributed by atoms with Gasteiger partial charge >= 0.3 is 5.97 Å². The molecule has 0 spiro atoms. The molecule has 0 aliphatic rings. The fourth-order valence-corrected chi connectivity index (χ4v) is 2.89. The largest absolute Gasteiger partial charge is 0.480 e. The van der Waals surface area contributed by atoms with E-state index in [0.717, 1.165) is 10.9 Å². The molecule has 2 aromatic carbocycles. The van der Waals surface area contributed by atoms with Crippen molar-refractivity contribution in [2.24, 2.45) is 0 Å². The highest BCUT2D eigenvalue weighted by Gasteiger charge is 2.21. The minimum atomic E-state index is -1.14. The van der Waals surface area contributed by atoms with Gasteiger partial charge in [-0.05, 0) is 17.2 Å². The van der Waals surface area contributed by atoms with Crippen LogP contribution in [0.25, 0.3) is 10.9 Å². The number of aromatic nitrogens is 1. The van der Waals surface area contributed by atoms with Crippen LogP contribution in [0.4, 0.5) is 0 Å². The quantitative estimate of drug-likeness (QED) is 0.632. The molecule has 6 nitrogen and oxygen atoms in total. The average Bonchev–Trinajstić information content (AvgIpc) is 2.61. The summed E-state index contributed by atoms with van der Waals surface area (Å²) in [5, 5.41) is 12.8. The highest BCUT2D eigenvalue weighted by molar-refractivity contribution is 5.86. The predicted octanol–water partition coefficient (Wildman–Crippen LogP) is 1.88. The average molecular weight is 350 g/mol. The smallest absolute Gasteiger partial charge is 0.326 e. The topological polar surface area (TPSA) is 99.3 Å². The maximum absolute atomic E-state index is 12.2. The summed E-state index contributed by atoms with van der Waals surface area (Å²) in [6.45, 7) is 0. The van der Waals surface area contributed by atoms with Crippen molar-refractivity contribution in [2.75, 3.05) is 0 Å². The van der Waals surface area contributed by atoms with Crippen molar-refractivity contribution in [1.29, 1.82) is 0 Å². The Morgan fingerprint density at radius 1 is 1.04 bits per heavy atom. The molecule has 3 aromatic rings.